The van der Waals surface area contributed by atoms with Crippen LogP contribution in [0, 0.1) is 13.8 Å². The number of hydrogen-bond donors (Lipinski definition) is 1. The molecule has 0 spiro atoms. The number of amides is 1. The molecule has 0 radical (unpaired) electrons. The summed E-state index contributed by atoms with van der Waals surface area (Å²) in [4.78, 5) is 27.4. The molecule has 0 aliphatic carbocycles. The van der Waals surface area contributed by atoms with Crippen LogP contribution in [0.5, 0.6) is 5.75 Å². The number of nitrogens with one attached hydrogen (secondary N) is 1. The Hall–Kier alpha value is -2.15. The predicted octanol–water partition coefficient (Wildman–Crippen LogP) is 0.974. The number of hydrogen-bond acceptors (Lipinski definition) is 6. The van der Waals surface area contributed by atoms with E-state index in [1.807, 2.05) is 13.8 Å². The minimum Gasteiger partial charge on any atom is -0.465 e. The smallest absolute Gasteiger partial charge is 0.325 e. The first kappa shape index (κ1) is 16.9. The van der Waals surface area contributed by atoms with E-state index in [-0.39, 0.29) is 25.6 Å². The quantitative estimate of drug-likeness (QED) is 0.596. The number of carbonyl (C=O) groups excluding carboxylic acids is 2. The summed E-state index contributed by atoms with van der Waals surface area (Å²) >= 11 is 0. The van der Waals surface area contributed by atoms with E-state index in [4.69, 9.17) is 14.2 Å². The lowest BCUT2D eigenvalue weighted by molar-refractivity contribution is -0.141. The molecular formula is C14H20N2O5. The lowest BCUT2D eigenvalue weighted by atomic mass is 10.1. The van der Waals surface area contributed by atoms with Crippen molar-refractivity contribution in [2.75, 3.05) is 27.1 Å². The Labute approximate surface area is 123 Å². The normalized spacial score (nSPS) is 10.1. The molecular weight excluding hydrogens is 276 g/mol. The van der Waals surface area contributed by atoms with Gasteiger partial charge in [0.15, 0.2) is 18.2 Å². The zero-order valence-electron chi connectivity index (χ0n) is 12.7. The van der Waals surface area contributed by atoms with E-state index in [0.717, 1.165) is 11.1 Å². The van der Waals surface area contributed by atoms with Crippen LogP contribution >= 0.6 is 0 Å². The topological polar surface area (TPSA) is 86.8 Å². The van der Waals surface area contributed by atoms with E-state index < -0.39 is 11.9 Å². The summed E-state index contributed by atoms with van der Waals surface area (Å²) in [6.45, 7) is 5.43. The fourth-order valence-electron chi connectivity index (χ4n) is 1.58. The molecule has 0 aromatic carbocycles. The zero-order chi connectivity index (χ0) is 15.8. The Morgan fingerprint density at radius 2 is 2.05 bits per heavy atom. The third-order valence-electron chi connectivity index (χ3n) is 2.77. The first-order chi connectivity index (χ1) is 10.0. The van der Waals surface area contributed by atoms with Crippen LogP contribution in [0.1, 0.15) is 28.5 Å². The van der Waals surface area contributed by atoms with E-state index in [1.54, 1.807) is 13.1 Å². The van der Waals surface area contributed by atoms with Crippen molar-refractivity contribution < 1.29 is 23.8 Å². The third-order valence-corrected chi connectivity index (χ3v) is 2.77. The minimum atomic E-state index is -0.506. The van der Waals surface area contributed by atoms with E-state index in [1.165, 1.54) is 7.11 Å². The fourth-order valence-corrected chi connectivity index (χ4v) is 1.58. The second-order valence-corrected chi connectivity index (χ2v) is 4.28. The second-order valence-electron chi connectivity index (χ2n) is 4.28. The number of nitrogens with zero attached hydrogens (tertiary/aromatic N) is 1. The molecule has 21 heavy (non-hydrogen) atoms. The largest absolute Gasteiger partial charge is 0.465 e. The molecule has 0 aliphatic heterocycles. The summed E-state index contributed by atoms with van der Waals surface area (Å²) in [5.41, 5.74) is 1.80. The minimum absolute atomic E-state index is 0.00410. The van der Waals surface area contributed by atoms with Gasteiger partial charge in [0.25, 0.3) is 5.91 Å². The maximum absolute atomic E-state index is 12.1. The highest BCUT2D eigenvalue weighted by Gasteiger charge is 2.19. The van der Waals surface area contributed by atoms with Crippen molar-refractivity contribution in [1.82, 2.24) is 10.3 Å². The molecule has 1 aromatic heterocycles. The van der Waals surface area contributed by atoms with Crippen LogP contribution in [0.4, 0.5) is 0 Å². The summed E-state index contributed by atoms with van der Waals surface area (Å²) in [7, 11) is 1.49. The Morgan fingerprint density at radius 1 is 1.33 bits per heavy atom. The van der Waals surface area contributed by atoms with Crippen molar-refractivity contribution in [2.24, 2.45) is 0 Å². The maximum atomic E-state index is 12.1. The molecule has 1 N–H and O–H groups in total. The predicted molar refractivity (Wildman–Crippen MR) is 75.2 cm³/mol. The molecule has 1 rings (SSSR count). The maximum Gasteiger partial charge on any atom is 0.325 e. The molecule has 0 unspecified atom stereocenters. The number of aromatic nitrogens is 1. The lowest BCUT2D eigenvalue weighted by Crippen LogP contribution is -2.31. The Morgan fingerprint density at radius 3 is 2.67 bits per heavy atom. The zero-order valence-corrected chi connectivity index (χ0v) is 12.7. The number of ether oxygens (including phenoxy) is 3. The number of esters is 1. The average Bonchev–Trinajstić information content (AvgIpc) is 2.46. The highest BCUT2D eigenvalue weighted by Crippen LogP contribution is 2.24. The summed E-state index contributed by atoms with van der Waals surface area (Å²) in [6, 6.07) is 0. The number of rotatable bonds is 7. The van der Waals surface area contributed by atoms with Gasteiger partial charge >= 0.3 is 5.97 Å². The molecule has 1 heterocycles. The van der Waals surface area contributed by atoms with Gasteiger partial charge in [-0.05, 0) is 31.9 Å². The monoisotopic (exact) mass is 296 g/mol. The number of pyridine rings is 1. The van der Waals surface area contributed by atoms with E-state index in [2.05, 4.69) is 10.3 Å². The first-order valence-electron chi connectivity index (χ1n) is 6.53. The summed E-state index contributed by atoms with van der Waals surface area (Å²) in [5, 5.41) is 2.45. The van der Waals surface area contributed by atoms with Gasteiger partial charge in [0.05, 0.1) is 6.61 Å². The van der Waals surface area contributed by atoms with Gasteiger partial charge < -0.3 is 19.5 Å². The van der Waals surface area contributed by atoms with Crippen molar-refractivity contribution in [1.29, 1.82) is 0 Å². The van der Waals surface area contributed by atoms with Crippen molar-refractivity contribution in [3.63, 3.8) is 0 Å². The SMILES string of the molecule is CCOC(=O)CNC(=O)c1ncc(C)c(C)c1OCOC. The van der Waals surface area contributed by atoms with Crippen LogP contribution in [-0.2, 0) is 14.3 Å². The average molecular weight is 296 g/mol. The second kappa shape index (κ2) is 8.21. The molecule has 0 aliphatic rings. The summed E-state index contributed by atoms with van der Waals surface area (Å²) in [6.07, 6.45) is 1.58. The van der Waals surface area contributed by atoms with Gasteiger partial charge in [-0.3, -0.25) is 9.59 Å². The molecule has 0 saturated heterocycles. The van der Waals surface area contributed by atoms with E-state index in [0.29, 0.717) is 5.75 Å². The van der Waals surface area contributed by atoms with Crippen molar-refractivity contribution in [3.8, 4) is 5.75 Å². The highest BCUT2D eigenvalue weighted by atomic mass is 16.7. The Bertz CT molecular complexity index is 516. The van der Waals surface area contributed by atoms with Crippen LogP contribution < -0.4 is 10.1 Å². The van der Waals surface area contributed by atoms with Gasteiger partial charge in [0.1, 0.15) is 6.54 Å². The standard InChI is InChI=1S/C14H20N2O5/c1-5-20-11(17)7-16-14(18)12-13(21-8-19-4)10(3)9(2)6-15-12/h6H,5,7-8H2,1-4H3,(H,16,18). The van der Waals surface area contributed by atoms with Crippen LogP contribution in [0.25, 0.3) is 0 Å². The van der Waals surface area contributed by atoms with E-state index in [9.17, 15) is 9.59 Å². The first-order valence-corrected chi connectivity index (χ1v) is 6.53. The van der Waals surface area contributed by atoms with E-state index >= 15 is 0 Å². The van der Waals surface area contributed by atoms with Crippen LogP contribution in [0.15, 0.2) is 6.20 Å². The third kappa shape index (κ3) is 4.71. The van der Waals surface area contributed by atoms with Gasteiger partial charge in [-0.25, -0.2) is 4.98 Å². The van der Waals surface area contributed by atoms with Crippen molar-refractivity contribution >= 4 is 11.9 Å². The number of carbonyl (C=O) groups is 2. The van der Waals surface area contributed by atoms with Crippen LogP contribution in [-0.4, -0.2) is 43.9 Å². The van der Waals surface area contributed by atoms with Gasteiger partial charge in [-0.15, -0.1) is 0 Å². The summed E-state index contributed by atoms with van der Waals surface area (Å²) < 4.78 is 15.0. The van der Waals surface area contributed by atoms with Crippen molar-refractivity contribution in [2.45, 2.75) is 20.8 Å². The molecule has 1 amide bonds. The van der Waals surface area contributed by atoms with Gasteiger partial charge in [-0.2, -0.15) is 0 Å². The summed E-state index contributed by atoms with van der Waals surface area (Å²) in [5.74, 6) is -0.662. The van der Waals surface area contributed by atoms with Crippen LogP contribution in [0.3, 0.4) is 0 Å². The molecule has 7 nitrogen and oxygen atoms in total. The molecule has 0 saturated carbocycles. The van der Waals surface area contributed by atoms with Gasteiger partial charge in [-0.1, -0.05) is 0 Å². The van der Waals surface area contributed by atoms with Gasteiger partial charge in [0, 0.05) is 13.3 Å². The fraction of sp³-hybridized carbons (Fsp3) is 0.500. The Balaban J connectivity index is 2.87. The highest BCUT2D eigenvalue weighted by molar-refractivity contribution is 5.97. The molecule has 0 fully saturated rings. The number of aryl methyl sites for hydroxylation is 1. The van der Waals surface area contributed by atoms with Crippen molar-refractivity contribution in [3.05, 3.63) is 23.0 Å². The molecule has 1 aromatic rings. The number of methoxy groups -OCH3 is 1. The Kier molecular flexibility index (Phi) is 6.61. The lowest BCUT2D eigenvalue weighted by Gasteiger charge is -2.14. The van der Waals surface area contributed by atoms with Crippen LogP contribution in [0.2, 0.25) is 0 Å². The van der Waals surface area contributed by atoms with Gasteiger partial charge in [0.2, 0.25) is 0 Å². The molecule has 7 heteroatoms. The molecule has 0 bridgehead atoms. The molecule has 0 atom stereocenters. The molecule has 116 valence electrons.